The molecule has 0 aliphatic heterocycles. The number of anilines is 1. The van der Waals surface area contributed by atoms with E-state index in [-0.39, 0.29) is 18.4 Å². The number of rotatable bonds is 8. The Kier molecular flexibility index (Phi) is 6.63. The Hall–Kier alpha value is -4.32. The zero-order valence-electron chi connectivity index (χ0n) is 17.3. The second-order valence-corrected chi connectivity index (χ2v) is 7.07. The molecule has 4 rings (SSSR count). The van der Waals surface area contributed by atoms with Crippen molar-refractivity contribution in [3.8, 4) is 16.9 Å². The average molecular weight is 426 g/mol. The van der Waals surface area contributed by atoms with Crippen LogP contribution in [-0.2, 0) is 11.3 Å². The first kappa shape index (κ1) is 20.9. The number of ether oxygens (including phenoxy) is 1. The third kappa shape index (κ3) is 5.64. The Morgan fingerprint density at radius 3 is 2.34 bits per heavy atom. The van der Waals surface area contributed by atoms with Gasteiger partial charge < -0.3 is 19.8 Å². The highest BCUT2D eigenvalue weighted by molar-refractivity contribution is 5.97. The van der Waals surface area contributed by atoms with Crippen molar-refractivity contribution in [2.45, 2.75) is 6.54 Å². The average Bonchev–Trinajstić information content (AvgIpc) is 3.36. The summed E-state index contributed by atoms with van der Waals surface area (Å²) >= 11 is 0. The summed E-state index contributed by atoms with van der Waals surface area (Å²) in [5, 5.41) is 5.53. The van der Waals surface area contributed by atoms with Crippen molar-refractivity contribution in [2.75, 3.05) is 11.9 Å². The number of hydrogen-bond donors (Lipinski definition) is 2. The fourth-order valence-corrected chi connectivity index (χ4v) is 3.14. The van der Waals surface area contributed by atoms with Crippen LogP contribution < -0.4 is 15.4 Å². The highest BCUT2D eigenvalue weighted by Gasteiger charge is 2.09. The molecule has 0 aliphatic rings. The molecule has 2 N–H and O–H groups in total. The van der Waals surface area contributed by atoms with Crippen LogP contribution in [0.15, 0.2) is 102 Å². The van der Waals surface area contributed by atoms with Crippen molar-refractivity contribution in [1.82, 2.24) is 5.32 Å². The van der Waals surface area contributed by atoms with Crippen molar-refractivity contribution < 1.29 is 18.7 Å². The SMILES string of the molecule is O=C(COc1ccc(-c2ccccc2)cc1)Nc1cccc(C(=O)NCc2ccco2)c1. The van der Waals surface area contributed by atoms with Crippen LogP contribution in [0.1, 0.15) is 16.1 Å². The first-order chi connectivity index (χ1) is 15.7. The third-order valence-electron chi connectivity index (χ3n) is 4.74. The van der Waals surface area contributed by atoms with E-state index in [1.807, 2.05) is 54.6 Å². The van der Waals surface area contributed by atoms with Gasteiger partial charge in [-0.05, 0) is 53.6 Å². The van der Waals surface area contributed by atoms with Gasteiger partial charge >= 0.3 is 0 Å². The highest BCUT2D eigenvalue weighted by atomic mass is 16.5. The van der Waals surface area contributed by atoms with Crippen LogP contribution in [0.3, 0.4) is 0 Å². The smallest absolute Gasteiger partial charge is 0.262 e. The fraction of sp³-hybridized carbons (Fsp3) is 0.0769. The van der Waals surface area contributed by atoms with E-state index in [2.05, 4.69) is 10.6 Å². The van der Waals surface area contributed by atoms with Gasteiger partial charge in [0.25, 0.3) is 11.8 Å². The first-order valence-electron chi connectivity index (χ1n) is 10.2. The molecule has 2 amide bonds. The van der Waals surface area contributed by atoms with Crippen molar-refractivity contribution in [3.05, 3.63) is 109 Å². The Bertz CT molecular complexity index is 1170. The minimum absolute atomic E-state index is 0.139. The summed E-state index contributed by atoms with van der Waals surface area (Å²) in [4.78, 5) is 24.6. The molecule has 6 heteroatoms. The van der Waals surface area contributed by atoms with Gasteiger partial charge in [0.05, 0.1) is 12.8 Å². The second-order valence-electron chi connectivity index (χ2n) is 7.07. The molecular weight excluding hydrogens is 404 g/mol. The van der Waals surface area contributed by atoms with Crippen LogP contribution in [0, 0.1) is 0 Å². The number of amides is 2. The van der Waals surface area contributed by atoms with Gasteiger partial charge in [-0.1, -0.05) is 48.5 Å². The summed E-state index contributed by atoms with van der Waals surface area (Å²) < 4.78 is 10.8. The summed E-state index contributed by atoms with van der Waals surface area (Å²) in [6.07, 6.45) is 1.55. The molecule has 3 aromatic carbocycles. The van der Waals surface area contributed by atoms with E-state index < -0.39 is 0 Å². The van der Waals surface area contributed by atoms with E-state index >= 15 is 0 Å². The predicted molar refractivity (Wildman–Crippen MR) is 122 cm³/mol. The summed E-state index contributed by atoms with van der Waals surface area (Å²) in [5.74, 6) is 0.695. The molecular formula is C26H22N2O4. The summed E-state index contributed by atoms with van der Waals surface area (Å²) in [6, 6.07) is 27.9. The normalized spacial score (nSPS) is 10.4. The topological polar surface area (TPSA) is 80.6 Å². The van der Waals surface area contributed by atoms with Crippen LogP contribution >= 0.6 is 0 Å². The molecule has 0 saturated heterocycles. The van der Waals surface area contributed by atoms with E-state index in [4.69, 9.17) is 9.15 Å². The Balaban J connectivity index is 1.28. The lowest BCUT2D eigenvalue weighted by Crippen LogP contribution is -2.23. The molecule has 0 atom stereocenters. The molecule has 0 spiro atoms. The van der Waals surface area contributed by atoms with Crippen LogP contribution in [-0.4, -0.2) is 18.4 Å². The van der Waals surface area contributed by atoms with Gasteiger partial charge in [-0.2, -0.15) is 0 Å². The van der Waals surface area contributed by atoms with Crippen molar-refractivity contribution in [1.29, 1.82) is 0 Å². The quantitative estimate of drug-likeness (QED) is 0.420. The molecule has 32 heavy (non-hydrogen) atoms. The Morgan fingerprint density at radius 2 is 1.59 bits per heavy atom. The van der Waals surface area contributed by atoms with E-state index in [0.29, 0.717) is 29.3 Å². The van der Waals surface area contributed by atoms with Crippen LogP contribution in [0.2, 0.25) is 0 Å². The maximum Gasteiger partial charge on any atom is 0.262 e. The fourth-order valence-electron chi connectivity index (χ4n) is 3.14. The zero-order chi connectivity index (χ0) is 22.2. The summed E-state index contributed by atoms with van der Waals surface area (Å²) in [5.41, 5.74) is 3.14. The molecule has 160 valence electrons. The number of benzene rings is 3. The van der Waals surface area contributed by atoms with Gasteiger partial charge in [0.1, 0.15) is 11.5 Å². The van der Waals surface area contributed by atoms with Crippen molar-refractivity contribution >= 4 is 17.5 Å². The van der Waals surface area contributed by atoms with Gasteiger partial charge in [0.15, 0.2) is 6.61 Å². The molecule has 1 aromatic heterocycles. The number of furan rings is 1. The molecule has 0 aliphatic carbocycles. The minimum atomic E-state index is -0.315. The molecule has 4 aromatic rings. The van der Waals surface area contributed by atoms with Crippen molar-refractivity contribution in [3.63, 3.8) is 0 Å². The first-order valence-corrected chi connectivity index (χ1v) is 10.2. The number of carbonyl (C=O) groups excluding carboxylic acids is 2. The van der Waals surface area contributed by atoms with Gasteiger partial charge in [-0.15, -0.1) is 0 Å². The minimum Gasteiger partial charge on any atom is -0.484 e. The Labute approximate surface area is 185 Å². The molecule has 6 nitrogen and oxygen atoms in total. The third-order valence-corrected chi connectivity index (χ3v) is 4.74. The lowest BCUT2D eigenvalue weighted by atomic mass is 10.1. The van der Waals surface area contributed by atoms with Crippen LogP contribution in [0.5, 0.6) is 5.75 Å². The largest absolute Gasteiger partial charge is 0.484 e. The predicted octanol–water partition coefficient (Wildman–Crippen LogP) is 4.89. The number of hydrogen-bond acceptors (Lipinski definition) is 4. The van der Waals surface area contributed by atoms with E-state index in [1.54, 1.807) is 42.7 Å². The molecule has 0 saturated carbocycles. The molecule has 0 fully saturated rings. The number of carbonyl (C=O) groups is 2. The lowest BCUT2D eigenvalue weighted by Gasteiger charge is -2.10. The summed E-state index contributed by atoms with van der Waals surface area (Å²) in [6.45, 7) is 0.152. The highest BCUT2D eigenvalue weighted by Crippen LogP contribution is 2.22. The summed E-state index contributed by atoms with van der Waals surface area (Å²) in [7, 11) is 0. The maximum atomic E-state index is 12.3. The van der Waals surface area contributed by atoms with Gasteiger partial charge in [-0.3, -0.25) is 9.59 Å². The van der Waals surface area contributed by atoms with Gasteiger partial charge in [-0.25, -0.2) is 0 Å². The molecule has 0 unspecified atom stereocenters. The number of nitrogens with one attached hydrogen (secondary N) is 2. The molecule has 0 bridgehead atoms. The standard InChI is InChI=1S/C26H22N2O4/c29-25(18-32-23-13-11-20(12-14-23)19-6-2-1-3-7-19)28-22-9-4-8-21(16-22)26(30)27-17-24-10-5-15-31-24/h1-16H,17-18H2,(H,27,30)(H,28,29). The maximum absolute atomic E-state index is 12.3. The lowest BCUT2D eigenvalue weighted by molar-refractivity contribution is -0.118. The Morgan fingerprint density at radius 1 is 0.812 bits per heavy atom. The van der Waals surface area contributed by atoms with E-state index in [9.17, 15) is 9.59 Å². The zero-order valence-corrected chi connectivity index (χ0v) is 17.3. The van der Waals surface area contributed by atoms with E-state index in [1.165, 1.54) is 0 Å². The van der Waals surface area contributed by atoms with Gasteiger partial charge in [0.2, 0.25) is 0 Å². The monoisotopic (exact) mass is 426 g/mol. The van der Waals surface area contributed by atoms with E-state index in [0.717, 1.165) is 11.1 Å². The van der Waals surface area contributed by atoms with Crippen LogP contribution in [0.25, 0.3) is 11.1 Å². The molecule has 1 heterocycles. The second kappa shape index (κ2) is 10.1. The van der Waals surface area contributed by atoms with Crippen LogP contribution in [0.4, 0.5) is 5.69 Å². The van der Waals surface area contributed by atoms with Crippen molar-refractivity contribution in [2.24, 2.45) is 0 Å². The molecule has 0 radical (unpaired) electrons. The van der Waals surface area contributed by atoms with Gasteiger partial charge in [0, 0.05) is 11.3 Å².